The van der Waals surface area contributed by atoms with Crippen LogP contribution in [0.25, 0.3) is 5.69 Å². The van der Waals surface area contributed by atoms with Crippen LogP contribution < -0.4 is 5.69 Å². The molecule has 0 saturated heterocycles. The van der Waals surface area contributed by atoms with Crippen LogP contribution in [0.1, 0.15) is 0 Å². The average molecular weight is 262 g/mol. The molecular formula is C8H5Cl2N3OS. The van der Waals surface area contributed by atoms with Crippen molar-refractivity contribution in [3.8, 4) is 5.69 Å². The number of benzene rings is 1. The zero-order valence-corrected chi connectivity index (χ0v) is 9.58. The number of aromatic nitrogens is 3. The van der Waals surface area contributed by atoms with Crippen molar-refractivity contribution in [2.45, 2.75) is 0 Å². The zero-order valence-electron chi connectivity index (χ0n) is 7.25. The van der Waals surface area contributed by atoms with E-state index < -0.39 is 0 Å². The van der Waals surface area contributed by atoms with Crippen LogP contribution >= 0.6 is 35.4 Å². The maximum Gasteiger partial charge on any atom is 0.347 e. The quantitative estimate of drug-likeness (QED) is 0.776. The van der Waals surface area contributed by atoms with Crippen LogP contribution in [0, 0.1) is 4.77 Å². The summed E-state index contributed by atoms with van der Waals surface area (Å²) < 4.78 is 1.48. The molecule has 0 atom stereocenters. The molecule has 0 spiro atoms. The van der Waals surface area contributed by atoms with Gasteiger partial charge in [-0.3, -0.25) is 5.10 Å². The number of halogens is 2. The zero-order chi connectivity index (χ0) is 11.0. The second kappa shape index (κ2) is 3.84. The van der Waals surface area contributed by atoms with Gasteiger partial charge < -0.3 is 0 Å². The van der Waals surface area contributed by atoms with E-state index in [0.717, 1.165) is 0 Å². The first-order chi connectivity index (χ1) is 7.11. The molecule has 2 N–H and O–H groups in total. The van der Waals surface area contributed by atoms with Crippen LogP contribution in [0.5, 0.6) is 0 Å². The lowest BCUT2D eigenvalue weighted by Gasteiger charge is -2.04. The van der Waals surface area contributed by atoms with E-state index in [1.54, 1.807) is 18.2 Å². The van der Waals surface area contributed by atoms with Crippen molar-refractivity contribution < 1.29 is 0 Å². The van der Waals surface area contributed by atoms with Gasteiger partial charge >= 0.3 is 5.69 Å². The van der Waals surface area contributed by atoms with Crippen molar-refractivity contribution in [2.75, 3.05) is 0 Å². The van der Waals surface area contributed by atoms with Gasteiger partial charge in [-0.1, -0.05) is 29.3 Å². The van der Waals surface area contributed by atoms with E-state index in [0.29, 0.717) is 15.7 Å². The summed E-state index contributed by atoms with van der Waals surface area (Å²) in [4.78, 5) is 11.4. The molecule has 2 aromatic rings. The highest BCUT2D eigenvalue weighted by Crippen LogP contribution is 2.27. The number of hydrogen-bond donors (Lipinski definition) is 2. The molecule has 0 bridgehead atoms. The molecular weight excluding hydrogens is 257 g/mol. The minimum Gasteiger partial charge on any atom is -0.272 e. The topological polar surface area (TPSA) is 53.6 Å². The largest absolute Gasteiger partial charge is 0.347 e. The third kappa shape index (κ3) is 1.73. The summed E-state index contributed by atoms with van der Waals surface area (Å²) in [6.45, 7) is 0. The van der Waals surface area contributed by atoms with Gasteiger partial charge in [-0.05, 0) is 24.4 Å². The second-order valence-corrected chi connectivity index (χ2v) is 3.94. The van der Waals surface area contributed by atoms with Crippen molar-refractivity contribution in [3.05, 3.63) is 43.5 Å². The molecule has 78 valence electrons. The Morgan fingerprint density at radius 1 is 1.27 bits per heavy atom. The van der Waals surface area contributed by atoms with Gasteiger partial charge in [-0.15, -0.1) is 0 Å². The van der Waals surface area contributed by atoms with Crippen LogP contribution in [-0.2, 0) is 0 Å². The lowest BCUT2D eigenvalue weighted by Crippen LogP contribution is -2.15. The highest BCUT2D eigenvalue weighted by Gasteiger charge is 2.09. The maximum atomic E-state index is 11.4. The Morgan fingerprint density at radius 3 is 2.60 bits per heavy atom. The van der Waals surface area contributed by atoms with Crippen LogP contribution in [0.4, 0.5) is 0 Å². The fraction of sp³-hybridized carbons (Fsp3) is 0. The highest BCUT2D eigenvalue weighted by molar-refractivity contribution is 7.71. The Morgan fingerprint density at radius 2 is 2.00 bits per heavy atom. The summed E-state index contributed by atoms with van der Waals surface area (Å²) in [6.07, 6.45) is 0. The molecule has 1 heterocycles. The smallest absolute Gasteiger partial charge is 0.272 e. The standard InChI is InChI=1S/C8H5Cl2N3OS/c9-4-2-1-3-5(6(4)10)13-7(14)11-12-8(13)15/h1-3H,(H,11,14)(H,12,15). The molecule has 0 radical (unpaired) electrons. The van der Waals surface area contributed by atoms with E-state index in [-0.39, 0.29) is 10.5 Å². The number of nitrogens with zero attached hydrogens (tertiary/aromatic N) is 1. The van der Waals surface area contributed by atoms with Crippen molar-refractivity contribution in [1.82, 2.24) is 14.8 Å². The Bertz CT molecular complexity index is 585. The average Bonchev–Trinajstić information content (AvgIpc) is 2.52. The summed E-state index contributed by atoms with van der Waals surface area (Å²) in [6, 6.07) is 4.99. The Hall–Kier alpha value is -1.04. The first-order valence-corrected chi connectivity index (χ1v) is 5.12. The molecule has 0 aliphatic heterocycles. The first kappa shape index (κ1) is 10.5. The van der Waals surface area contributed by atoms with Gasteiger partial charge in [-0.2, -0.15) is 0 Å². The number of H-pyrrole nitrogens is 2. The molecule has 0 saturated carbocycles. The second-order valence-electron chi connectivity index (χ2n) is 2.77. The molecule has 0 aliphatic carbocycles. The number of nitrogens with one attached hydrogen (secondary N) is 2. The van der Waals surface area contributed by atoms with E-state index in [4.69, 9.17) is 35.4 Å². The predicted molar refractivity (Wildman–Crippen MR) is 61.6 cm³/mol. The van der Waals surface area contributed by atoms with Crippen molar-refractivity contribution in [1.29, 1.82) is 0 Å². The third-order valence-electron chi connectivity index (χ3n) is 1.85. The van der Waals surface area contributed by atoms with Gasteiger partial charge in [0.2, 0.25) is 4.77 Å². The van der Waals surface area contributed by atoms with Crippen LogP contribution in [-0.4, -0.2) is 14.8 Å². The molecule has 7 heteroatoms. The van der Waals surface area contributed by atoms with Crippen LogP contribution in [0.3, 0.4) is 0 Å². The number of hydrogen-bond acceptors (Lipinski definition) is 2. The fourth-order valence-electron chi connectivity index (χ4n) is 1.19. The van der Waals surface area contributed by atoms with E-state index >= 15 is 0 Å². The lowest BCUT2D eigenvalue weighted by atomic mass is 10.3. The maximum absolute atomic E-state index is 11.4. The molecule has 15 heavy (non-hydrogen) atoms. The molecule has 0 unspecified atom stereocenters. The lowest BCUT2D eigenvalue weighted by molar-refractivity contribution is 0.976. The Balaban J connectivity index is 2.81. The molecule has 4 nitrogen and oxygen atoms in total. The Kier molecular flexibility index (Phi) is 2.68. The van der Waals surface area contributed by atoms with Gasteiger partial charge in [-0.25, -0.2) is 14.5 Å². The monoisotopic (exact) mass is 261 g/mol. The molecule has 0 fully saturated rings. The van der Waals surface area contributed by atoms with Gasteiger partial charge in [0.25, 0.3) is 0 Å². The minimum atomic E-state index is -0.385. The summed E-state index contributed by atoms with van der Waals surface area (Å²) in [5.74, 6) is 0. The van der Waals surface area contributed by atoms with Gasteiger partial charge in [0, 0.05) is 0 Å². The SMILES string of the molecule is O=c1[nH][nH]c(=S)n1-c1cccc(Cl)c1Cl. The van der Waals surface area contributed by atoms with Gasteiger partial charge in [0.05, 0.1) is 15.7 Å². The van der Waals surface area contributed by atoms with Gasteiger partial charge in [0.15, 0.2) is 0 Å². The summed E-state index contributed by atoms with van der Waals surface area (Å²) in [5, 5.41) is 5.54. The molecule has 1 aromatic carbocycles. The number of aromatic amines is 2. The fourth-order valence-corrected chi connectivity index (χ4v) is 1.81. The summed E-state index contributed by atoms with van der Waals surface area (Å²) in [7, 11) is 0. The van der Waals surface area contributed by atoms with Crippen molar-refractivity contribution in [3.63, 3.8) is 0 Å². The van der Waals surface area contributed by atoms with E-state index in [1.165, 1.54) is 4.57 Å². The predicted octanol–water partition coefficient (Wildman–Crippen LogP) is 2.53. The molecule has 1 aromatic heterocycles. The van der Waals surface area contributed by atoms with E-state index in [1.807, 2.05) is 0 Å². The highest BCUT2D eigenvalue weighted by atomic mass is 35.5. The van der Waals surface area contributed by atoms with E-state index in [9.17, 15) is 4.79 Å². The normalized spacial score (nSPS) is 10.5. The summed E-state index contributed by atoms with van der Waals surface area (Å²) in [5.41, 5.74) is 0.0702. The van der Waals surface area contributed by atoms with Crippen molar-refractivity contribution >= 4 is 35.4 Å². The molecule has 2 rings (SSSR count). The molecule has 0 amide bonds. The first-order valence-electron chi connectivity index (χ1n) is 3.95. The number of rotatable bonds is 1. The molecule has 0 aliphatic rings. The van der Waals surface area contributed by atoms with Crippen LogP contribution in [0.2, 0.25) is 10.0 Å². The van der Waals surface area contributed by atoms with Gasteiger partial charge in [0.1, 0.15) is 0 Å². The third-order valence-corrected chi connectivity index (χ3v) is 2.95. The van der Waals surface area contributed by atoms with Crippen molar-refractivity contribution in [2.24, 2.45) is 0 Å². The summed E-state index contributed by atoms with van der Waals surface area (Å²) >= 11 is 16.7. The Labute approximate surface area is 99.4 Å². The minimum absolute atomic E-state index is 0.240. The van der Waals surface area contributed by atoms with E-state index in [2.05, 4.69) is 10.2 Å². The van der Waals surface area contributed by atoms with Crippen LogP contribution in [0.15, 0.2) is 23.0 Å².